The van der Waals surface area contributed by atoms with E-state index in [0.717, 1.165) is 18.5 Å². The van der Waals surface area contributed by atoms with Crippen LogP contribution in [-0.4, -0.2) is 35.4 Å². The summed E-state index contributed by atoms with van der Waals surface area (Å²) in [7, 11) is 1.59. The van der Waals surface area contributed by atoms with Gasteiger partial charge in [0.1, 0.15) is 0 Å². The fourth-order valence-electron chi connectivity index (χ4n) is 3.43. The maximum Gasteiger partial charge on any atom is 0.261 e. The van der Waals surface area contributed by atoms with Gasteiger partial charge < -0.3 is 4.74 Å². The van der Waals surface area contributed by atoms with Crippen LogP contribution in [0.2, 0.25) is 0 Å². The Morgan fingerprint density at radius 1 is 1.13 bits per heavy atom. The number of carbonyl (C=O) groups excluding carboxylic acids is 2. The average molecular weight is 308 g/mol. The zero-order valence-corrected chi connectivity index (χ0v) is 12.8. The van der Waals surface area contributed by atoms with Crippen LogP contribution >= 0.6 is 0 Å². The number of fused-ring (bicyclic) bond motifs is 2. The highest BCUT2D eigenvalue weighted by atomic mass is 16.5. The molecule has 1 aromatic carbocycles. The lowest BCUT2D eigenvalue weighted by atomic mass is 10.1. The van der Waals surface area contributed by atoms with Crippen molar-refractivity contribution in [2.75, 3.05) is 13.7 Å². The quantitative estimate of drug-likeness (QED) is 0.817. The van der Waals surface area contributed by atoms with Gasteiger partial charge in [-0.2, -0.15) is 0 Å². The molecule has 1 aliphatic carbocycles. The highest BCUT2D eigenvalue weighted by Gasteiger charge is 2.38. The molecule has 4 rings (SSSR count). The first-order chi connectivity index (χ1) is 11.2. The molecule has 116 valence electrons. The Bertz CT molecular complexity index is 781. The third-order valence-corrected chi connectivity index (χ3v) is 4.63. The van der Waals surface area contributed by atoms with Gasteiger partial charge in [0.2, 0.25) is 5.88 Å². The number of benzene rings is 1. The zero-order valence-electron chi connectivity index (χ0n) is 12.8. The van der Waals surface area contributed by atoms with E-state index in [-0.39, 0.29) is 17.7 Å². The Kier molecular flexibility index (Phi) is 3.15. The molecule has 1 aromatic heterocycles. The number of rotatable bonds is 3. The molecule has 1 aliphatic heterocycles. The zero-order chi connectivity index (χ0) is 16.0. The van der Waals surface area contributed by atoms with Crippen LogP contribution in [0.1, 0.15) is 44.3 Å². The first-order valence-corrected chi connectivity index (χ1v) is 7.68. The van der Waals surface area contributed by atoms with Crippen LogP contribution < -0.4 is 4.74 Å². The maximum atomic E-state index is 12.5. The number of hydrogen-bond acceptors (Lipinski definition) is 4. The van der Waals surface area contributed by atoms with Gasteiger partial charge >= 0.3 is 0 Å². The highest BCUT2D eigenvalue weighted by molar-refractivity contribution is 6.21. The Hall–Kier alpha value is -2.69. The van der Waals surface area contributed by atoms with Crippen LogP contribution in [0.15, 0.2) is 36.4 Å². The van der Waals surface area contributed by atoms with Gasteiger partial charge in [0.05, 0.1) is 23.9 Å². The number of ether oxygens (including phenoxy) is 1. The van der Waals surface area contributed by atoms with E-state index in [0.29, 0.717) is 23.6 Å². The highest BCUT2D eigenvalue weighted by Crippen LogP contribution is 2.35. The third kappa shape index (κ3) is 2.11. The molecule has 2 heterocycles. The Morgan fingerprint density at radius 2 is 1.83 bits per heavy atom. The minimum atomic E-state index is -0.207. The molecule has 0 saturated heterocycles. The number of methoxy groups -OCH3 is 1. The molecule has 1 unspecified atom stereocenters. The Morgan fingerprint density at radius 3 is 2.48 bits per heavy atom. The van der Waals surface area contributed by atoms with Gasteiger partial charge in [0.25, 0.3) is 11.8 Å². The number of carbonyl (C=O) groups is 2. The van der Waals surface area contributed by atoms with E-state index >= 15 is 0 Å². The summed E-state index contributed by atoms with van der Waals surface area (Å²) >= 11 is 0. The number of imide groups is 1. The second-order valence-electron chi connectivity index (χ2n) is 5.90. The maximum absolute atomic E-state index is 12.5. The van der Waals surface area contributed by atoms with E-state index in [1.54, 1.807) is 31.4 Å². The predicted octanol–water partition coefficient (Wildman–Crippen LogP) is 2.42. The molecule has 0 radical (unpaired) electrons. The molecule has 2 aromatic rings. The molecule has 0 fully saturated rings. The molecule has 23 heavy (non-hydrogen) atoms. The van der Waals surface area contributed by atoms with Crippen LogP contribution in [0.25, 0.3) is 0 Å². The second kappa shape index (κ2) is 5.19. The molecule has 0 saturated carbocycles. The molecular formula is C18H16N2O3. The smallest absolute Gasteiger partial charge is 0.261 e. The van der Waals surface area contributed by atoms with Gasteiger partial charge in [-0.1, -0.05) is 18.2 Å². The van der Waals surface area contributed by atoms with E-state index in [1.807, 2.05) is 12.1 Å². The van der Waals surface area contributed by atoms with Crippen molar-refractivity contribution >= 4 is 11.8 Å². The standard InChI is InChI=1S/C18H16N2O3/c1-23-15-9-8-11-6-7-12(16(11)19-15)10-20-17(21)13-4-2-3-5-14(13)18(20)22/h2-5,8-9,12H,6-7,10H2,1H3. The number of nitrogens with zero attached hydrogens (tertiary/aromatic N) is 2. The third-order valence-electron chi connectivity index (χ3n) is 4.63. The summed E-state index contributed by atoms with van der Waals surface area (Å²) < 4.78 is 5.19. The number of pyridine rings is 1. The first kappa shape index (κ1) is 13.9. The lowest BCUT2D eigenvalue weighted by molar-refractivity contribution is 0.0644. The molecular weight excluding hydrogens is 292 g/mol. The van der Waals surface area contributed by atoms with Crippen molar-refractivity contribution in [2.24, 2.45) is 0 Å². The van der Waals surface area contributed by atoms with Gasteiger partial charge in [0.15, 0.2) is 0 Å². The summed E-state index contributed by atoms with van der Waals surface area (Å²) in [5, 5.41) is 0. The van der Waals surface area contributed by atoms with Crippen LogP contribution in [0.3, 0.4) is 0 Å². The molecule has 0 bridgehead atoms. The van der Waals surface area contributed by atoms with E-state index < -0.39 is 0 Å². The van der Waals surface area contributed by atoms with Gasteiger partial charge in [-0.3, -0.25) is 14.5 Å². The van der Waals surface area contributed by atoms with Gasteiger partial charge in [-0.25, -0.2) is 4.98 Å². The largest absolute Gasteiger partial charge is 0.481 e. The van der Waals surface area contributed by atoms with Crippen molar-refractivity contribution in [1.29, 1.82) is 0 Å². The summed E-state index contributed by atoms with van der Waals surface area (Å²) in [6.45, 7) is 0.375. The number of aryl methyl sites for hydroxylation is 1. The lowest BCUT2D eigenvalue weighted by Crippen LogP contribution is -2.33. The van der Waals surface area contributed by atoms with E-state index in [9.17, 15) is 9.59 Å². The van der Waals surface area contributed by atoms with Crippen molar-refractivity contribution in [1.82, 2.24) is 9.88 Å². The minimum Gasteiger partial charge on any atom is -0.481 e. The monoisotopic (exact) mass is 308 g/mol. The fourth-order valence-corrected chi connectivity index (χ4v) is 3.43. The molecule has 5 nitrogen and oxygen atoms in total. The first-order valence-electron chi connectivity index (χ1n) is 7.68. The Labute approximate surface area is 133 Å². The average Bonchev–Trinajstić information content (AvgIpc) is 3.10. The van der Waals surface area contributed by atoms with Gasteiger partial charge in [0, 0.05) is 18.5 Å². The predicted molar refractivity (Wildman–Crippen MR) is 83.7 cm³/mol. The lowest BCUT2D eigenvalue weighted by Gasteiger charge is -2.19. The van der Waals surface area contributed by atoms with Crippen molar-refractivity contribution in [3.8, 4) is 5.88 Å². The number of amides is 2. The summed E-state index contributed by atoms with van der Waals surface area (Å²) in [6, 6.07) is 10.8. The second-order valence-corrected chi connectivity index (χ2v) is 5.90. The van der Waals surface area contributed by atoms with Crippen molar-refractivity contribution in [2.45, 2.75) is 18.8 Å². The van der Waals surface area contributed by atoms with Crippen LogP contribution in [0.5, 0.6) is 5.88 Å². The molecule has 2 amide bonds. The topological polar surface area (TPSA) is 59.5 Å². The van der Waals surface area contributed by atoms with E-state index in [1.165, 1.54) is 10.5 Å². The van der Waals surface area contributed by atoms with Crippen LogP contribution in [0, 0.1) is 0 Å². The molecule has 1 atom stereocenters. The van der Waals surface area contributed by atoms with Crippen molar-refractivity contribution in [3.63, 3.8) is 0 Å². The summed E-state index contributed by atoms with van der Waals surface area (Å²) in [4.78, 5) is 30.9. The summed E-state index contributed by atoms with van der Waals surface area (Å²) in [5.41, 5.74) is 3.11. The molecule has 0 N–H and O–H groups in total. The van der Waals surface area contributed by atoms with E-state index in [2.05, 4.69) is 4.98 Å². The molecule has 0 spiro atoms. The summed E-state index contributed by atoms with van der Waals surface area (Å²) in [6.07, 6.45) is 1.81. The van der Waals surface area contributed by atoms with Crippen molar-refractivity contribution < 1.29 is 14.3 Å². The molecule has 2 aliphatic rings. The van der Waals surface area contributed by atoms with Crippen molar-refractivity contribution in [3.05, 3.63) is 58.8 Å². The minimum absolute atomic E-state index is 0.0716. The normalized spacial score (nSPS) is 19.0. The van der Waals surface area contributed by atoms with Crippen LogP contribution in [0.4, 0.5) is 0 Å². The number of aromatic nitrogens is 1. The number of hydrogen-bond donors (Lipinski definition) is 0. The van der Waals surface area contributed by atoms with Gasteiger partial charge in [-0.05, 0) is 30.5 Å². The van der Waals surface area contributed by atoms with Crippen LogP contribution in [-0.2, 0) is 6.42 Å². The summed E-state index contributed by atoms with van der Waals surface area (Å²) in [5.74, 6) is 0.226. The molecule has 5 heteroatoms. The SMILES string of the molecule is COc1ccc2c(n1)C(CN1C(=O)c3ccccc3C1=O)CC2. The van der Waals surface area contributed by atoms with E-state index in [4.69, 9.17) is 4.74 Å². The van der Waals surface area contributed by atoms with Gasteiger partial charge in [-0.15, -0.1) is 0 Å². The Balaban J connectivity index is 1.62. The fraction of sp³-hybridized carbons (Fsp3) is 0.278.